The largest absolute Gasteiger partial charge is 0.481 e. The maximum absolute atomic E-state index is 12.8. The third-order valence-corrected chi connectivity index (χ3v) is 6.06. The molecule has 2 aromatic carbocycles. The van der Waals surface area contributed by atoms with Crippen LogP contribution in [0.15, 0.2) is 53.7 Å². The second-order valence-electron chi connectivity index (χ2n) is 7.29. The minimum Gasteiger partial charge on any atom is -0.481 e. The third-order valence-electron chi connectivity index (χ3n) is 4.67. The van der Waals surface area contributed by atoms with Crippen LogP contribution >= 0.6 is 23.4 Å². The Morgan fingerprint density at radius 3 is 2.45 bits per heavy atom. The Kier molecular flexibility index (Phi) is 8.35. The smallest absolute Gasteiger partial charge is 0.237 e. The fourth-order valence-electron chi connectivity index (χ4n) is 3.10. The summed E-state index contributed by atoms with van der Waals surface area (Å²) in [5.74, 6) is 0.855. The molecule has 10 heteroatoms. The Hall–Kier alpha value is -3.04. The summed E-state index contributed by atoms with van der Waals surface area (Å²) < 4.78 is 7.91. The zero-order chi connectivity index (χ0) is 24.0. The highest BCUT2D eigenvalue weighted by molar-refractivity contribution is 8.00. The molecule has 3 aromatic rings. The molecule has 8 nitrogen and oxygen atoms in total. The van der Waals surface area contributed by atoms with Crippen LogP contribution in [0.4, 0.5) is 11.4 Å². The van der Waals surface area contributed by atoms with E-state index in [0.717, 1.165) is 0 Å². The average Bonchev–Trinajstić information content (AvgIpc) is 3.17. The SMILES string of the molecule is CCn1c(SC(C)C(=O)Nc2cccc(NC(C)=O)c2)nnc1C(C)Oc1ccccc1Cl. The molecule has 0 spiro atoms. The van der Waals surface area contributed by atoms with Gasteiger partial charge in [0.05, 0.1) is 10.3 Å². The van der Waals surface area contributed by atoms with E-state index in [4.69, 9.17) is 16.3 Å². The van der Waals surface area contributed by atoms with Crippen molar-refractivity contribution in [3.63, 3.8) is 0 Å². The standard InChI is InChI=1S/C23H26ClN5O3S/c1-5-29-21(14(2)32-20-12-7-6-11-19(20)24)27-28-23(29)33-15(3)22(31)26-18-10-8-9-17(13-18)25-16(4)30/h6-15H,5H2,1-4H3,(H,25,30)(H,26,31). The number of hydrogen-bond donors (Lipinski definition) is 2. The second kappa shape index (κ2) is 11.2. The van der Waals surface area contributed by atoms with Crippen LogP contribution in [0.5, 0.6) is 5.75 Å². The highest BCUT2D eigenvalue weighted by Crippen LogP contribution is 2.30. The molecule has 2 N–H and O–H groups in total. The molecule has 0 saturated heterocycles. The topological polar surface area (TPSA) is 98.1 Å². The molecule has 0 aliphatic heterocycles. The summed E-state index contributed by atoms with van der Waals surface area (Å²) >= 11 is 7.51. The maximum atomic E-state index is 12.8. The zero-order valence-electron chi connectivity index (χ0n) is 18.8. The lowest BCUT2D eigenvalue weighted by Crippen LogP contribution is -2.23. The summed E-state index contributed by atoms with van der Waals surface area (Å²) in [5.41, 5.74) is 1.21. The lowest BCUT2D eigenvalue weighted by atomic mass is 10.2. The Bertz CT molecular complexity index is 1140. The summed E-state index contributed by atoms with van der Waals surface area (Å²) in [7, 11) is 0. The molecule has 0 bridgehead atoms. The molecule has 0 saturated carbocycles. The molecule has 174 valence electrons. The first kappa shape index (κ1) is 24.6. The van der Waals surface area contributed by atoms with E-state index in [1.54, 1.807) is 43.3 Å². The number of anilines is 2. The van der Waals surface area contributed by atoms with Crippen molar-refractivity contribution in [3.05, 3.63) is 59.4 Å². The number of aromatic nitrogens is 3. The van der Waals surface area contributed by atoms with Gasteiger partial charge in [0.25, 0.3) is 0 Å². The first-order valence-electron chi connectivity index (χ1n) is 10.5. The Morgan fingerprint density at radius 1 is 1.09 bits per heavy atom. The predicted octanol–water partition coefficient (Wildman–Crippen LogP) is 5.17. The van der Waals surface area contributed by atoms with Crippen LogP contribution in [0.3, 0.4) is 0 Å². The molecule has 0 aliphatic carbocycles. The predicted molar refractivity (Wildman–Crippen MR) is 131 cm³/mol. The molecule has 33 heavy (non-hydrogen) atoms. The summed E-state index contributed by atoms with van der Waals surface area (Å²) in [6.07, 6.45) is -0.382. The van der Waals surface area contributed by atoms with Gasteiger partial charge < -0.3 is 19.9 Å². The van der Waals surface area contributed by atoms with E-state index in [1.807, 2.05) is 30.5 Å². The molecule has 0 aliphatic rings. The normalized spacial score (nSPS) is 12.6. The fourth-order valence-corrected chi connectivity index (χ4v) is 4.20. The number of halogens is 1. The van der Waals surface area contributed by atoms with E-state index in [1.165, 1.54) is 18.7 Å². The van der Waals surface area contributed by atoms with Crippen molar-refractivity contribution in [1.82, 2.24) is 14.8 Å². The van der Waals surface area contributed by atoms with Crippen LogP contribution < -0.4 is 15.4 Å². The molecule has 2 atom stereocenters. The first-order valence-corrected chi connectivity index (χ1v) is 11.7. The summed E-state index contributed by atoms with van der Waals surface area (Å²) in [4.78, 5) is 24.0. The van der Waals surface area contributed by atoms with Crippen LogP contribution in [0.2, 0.25) is 5.02 Å². The van der Waals surface area contributed by atoms with E-state index < -0.39 is 5.25 Å². The van der Waals surface area contributed by atoms with Gasteiger partial charge >= 0.3 is 0 Å². The molecule has 1 aromatic heterocycles. The number of thioether (sulfide) groups is 1. The van der Waals surface area contributed by atoms with E-state index >= 15 is 0 Å². The van der Waals surface area contributed by atoms with E-state index in [2.05, 4.69) is 20.8 Å². The molecule has 0 fully saturated rings. The van der Waals surface area contributed by atoms with Crippen molar-refractivity contribution >= 4 is 46.6 Å². The number of rotatable bonds is 9. The van der Waals surface area contributed by atoms with Crippen molar-refractivity contribution in [3.8, 4) is 5.75 Å². The Morgan fingerprint density at radius 2 is 1.79 bits per heavy atom. The summed E-state index contributed by atoms with van der Waals surface area (Å²) in [6.45, 7) is 7.72. The Balaban J connectivity index is 1.68. The monoisotopic (exact) mass is 487 g/mol. The van der Waals surface area contributed by atoms with Crippen LogP contribution in [0.25, 0.3) is 0 Å². The van der Waals surface area contributed by atoms with Crippen LogP contribution in [0, 0.1) is 0 Å². The van der Waals surface area contributed by atoms with E-state index in [0.29, 0.717) is 39.7 Å². The van der Waals surface area contributed by atoms with Gasteiger partial charge in [-0.15, -0.1) is 10.2 Å². The van der Waals surface area contributed by atoms with Crippen molar-refractivity contribution in [1.29, 1.82) is 0 Å². The van der Waals surface area contributed by atoms with Crippen LogP contribution in [-0.4, -0.2) is 31.8 Å². The molecule has 2 unspecified atom stereocenters. The van der Waals surface area contributed by atoms with Crippen molar-refractivity contribution in [2.75, 3.05) is 10.6 Å². The average molecular weight is 488 g/mol. The number of ether oxygens (including phenoxy) is 1. The van der Waals surface area contributed by atoms with Gasteiger partial charge in [0.15, 0.2) is 17.1 Å². The summed E-state index contributed by atoms with van der Waals surface area (Å²) in [5, 5.41) is 14.9. The molecular formula is C23H26ClN5O3S. The van der Waals surface area contributed by atoms with Gasteiger partial charge in [0.2, 0.25) is 11.8 Å². The number of benzene rings is 2. The van der Waals surface area contributed by atoms with Crippen molar-refractivity contribution in [2.45, 2.75) is 50.8 Å². The van der Waals surface area contributed by atoms with Gasteiger partial charge in [-0.2, -0.15) is 0 Å². The highest BCUT2D eigenvalue weighted by atomic mass is 35.5. The fraction of sp³-hybridized carbons (Fsp3) is 0.304. The van der Waals surface area contributed by atoms with Gasteiger partial charge in [-0.25, -0.2) is 0 Å². The quantitative estimate of drug-likeness (QED) is 0.404. The highest BCUT2D eigenvalue weighted by Gasteiger charge is 2.23. The zero-order valence-corrected chi connectivity index (χ0v) is 20.4. The van der Waals surface area contributed by atoms with Gasteiger partial charge in [-0.3, -0.25) is 9.59 Å². The molecule has 1 heterocycles. The number of nitrogens with one attached hydrogen (secondary N) is 2. The van der Waals surface area contributed by atoms with Crippen LogP contribution in [-0.2, 0) is 16.1 Å². The number of carbonyl (C=O) groups is 2. The lowest BCUT2D eigenvalue weighted by molar-refractivity contribution is -0.115. The number of hydrogen-bond acceptors (Lipinski definition) is 6. The van der Waals surface area contributed by atoms with Crippen molar-refractivity contribution < 1.29 is 14.3 Å². The van der Waals surface area contributed by atoms with Crippen LogP contribution in [0.1, 0.15) is 39.6 Å². The number of carbonyl (C=O) groups excluding carboxylic acids is 2. The van der Waals surface area contributed by atoms with E-state index in [9.17, 15) is 9.59 Å². The van der Waals surface area contributed by atoms with Gasteiger partial charge in [-0.1, -0.05) is 41.6 Å². The number of amides is 2. The minimum absolute atomic E-state index is 0.176. The van der Waals surface area contributed by atoms with Gasteiger partial charge in [-0.05, 0) is 51.1 Å². The third kappa shape index (κ3) is 6.49. The number of para-hydroxylation sites is 1. The number of nitrogens with zero attached hydrogens (tertiary/aromatic N) is 3. The lowest BCUT2D eigenvalue weighted by Gasteiger charge is -2.17. The molecular weight excluding hydrogens is 462 g/mol. The molecule has 2 amide bonds. The first-order chi connectivity index (χ1) is 15.8. The minimum atomic E-state index is -0.434. The molecule has 3 rings (SSSR count). The van der Waals surface area contributed by atoms with Gasteiger partial charge in [0, 0.05) is 24.8 Å². The van der Waals surface area contributed by atoms with Gasteiger partial charge in [0.1, 0.15) is 5.75 Å². The second-order valence-corrected chi connectivity index (χ2v) is 9.00. The van der Waals surface area contributed by atoms with Crippen molar-refractivity contribution in [2.24, 2.45) is 0 Å². The molecule has 0 radical (unpaired) electrons. The summed E-state index contributed by atoms with van der Waals surface area (Å²) in [6, 6.07) is 14.2. The van der Waals surface area contributed by atoms with E-state index in [-0.39, 0.29) is 17.9 Å². The Labute approximate surface area is 202 Å². The maximum Gasteiger partial charge on any atom is 0.237 e.